The second-order valence-corrected chi connectivity index (χ2v) is 23.7. The van der Waals surface area contributed by atoms with Crippen LogP contribution in [0.4, 0.5) is 0 Å². The summed E-state index contributed by atoms with van der Waals surface area (Å²) >= 11 is 0. The lowest BCUT2D eigenvalue weighted by Gasteiger charge is -2.35. The molecule has 0 aliphatic heterocycles. The number of hydrogen-bond acceptors (Lipinski definition) is 20. The van der Waals surface area contributed by atoms with E-state index in [0.29, 0.717) is 27.6 Å². The number of aliphatic hydroxyl groups is 9. The molecule has 0 fully saturated rings. The normalized spacial score (nSPS) is 11.4. The van der Waals surface area contributed by atoms with E-state index < -0.39 is 64.1 Å². The molecule has 0 bridgehead atoms. The van der Waals surface area contributed by atoms with E-state index in [4.69, 9.17) is 25.5 Å². The van der Waals surface area contributed by atoms with Crippen molar-refractivity contribution in [2.75, 3.05) is 0 Å². The Kier molecular flexibility index (Phi) is 25.1. The number of fused-ring (bicyclic) bond motifs is 6. The Balaban J connectivity index is 0.000000156. The Labute approximate surface area is 590 Å². The zero-order chi connectivity index (χ0) is 74.1. The lowest BCUT2D eigenvalue weighted by atomic mass is 9.66. The van der Waals surface area contributed by atoms with Crippen molar-refractivity contribution in [3.63, 3.8) is 0 Å². The van der Waals surface area contributed by atoms with Crippen molar-refractivity contribution in [2.45, 2.75) is 64.9 Å². The van der Waals surface area contributed by atoms with Crippen molar-refractivity contribution in [3.8, 4) is 68.6 Å². The number of ketones is 1. The molecule has 20 heteroatoms. The smallest absolute Gasteiger partial charge is 0.193 e. The van der Waals surface area contributed by atoms with Crippen LogP contribution in [-0.2, 0) is 64.9 Å². The molecule has 0 radical (unpaired) electrons. The van der Waals surface area contributed by atoms with E-state index in [1.54, 1.807) is 121 Å². The molecule has 14 rings (SSSR count). The quantitative estimate of drug-likeness (QED) is 0.0477. The van der Waals surface area contributed by atoms with Crippen LogP contribution in [0.25, 0.3) is 43.4 Å². The van der Waals surface area contributed by atoms with Crippen molar-refractivity contribution in [1.29, 1.82) is 0 Å². The van der Waals surface area contributed by atoms with E-state index in [1.807, 2.05) is 91.0 Å². The zero-order valence-corrected chi connectivity index (χ0v) is 55.3. The summed E-state index contributed by atoms with van der Waals surface area (Å²) in [5.41, 5.74) is 6.76. The van der Waals surface area contributed by atoms with Gasteiger partial charge in [-0.25, -0.2) is 0 Å². The van der Waals surface area contributed by atoms with Crippen molar-refractivity contribution in [3.05, 3.63) is 320 Å². The Morgan fingerprint density at radius 1 is 0.262 bits per heavy atom. The van der Waals surface area contributed by atoms with Crippen LogP contribution >= 0.6 is 0 Å². The van der Waals surface area contributed by atoms with E-state index >= 15 is 0 Å². The monoisotopic (exact) mass is 1390 g/mol. The molecular formula is C83H76O20. The predicted octanol–water partition coefficient (Wildman–Crippen LogP) is 11.7. The van der Waals surface area contributed by atoms with Crippen LogP contribution in [0, 0.1) is 0 Å². The molecule has 0 spiro atoms. The fourth-order valence-electron chi connectivity index (χ4n) is 12.2. The molecule has 0 saturated heterocycles. The van der Waals surface area contributed by atoms with E-state index in [-0.39, 0.29) is 114 Å². The van der Waals surface area contributed by atoms with Gasteiger partial charge in [-0.15, -0.1) is 0 Å². The average Bonchev–Trinajstić information content (AvgIpc) is 1.55. The maximum absolute atomic E-state index is 12.7. The molecule has 19 N–H and O–H groups in total. The van der Waals surface area contributed by atoms with Gasteiger partial charge in [0.25, 0.3) is 0 Å². The zero-order valence-electron chi connectivity index (χ0n) is 55.3. The maximum atomic E-state index is 12.7. The minimum Gasteiger partial charge on any atom is -0.508 e. The first-order chi connectivity index (χ1) is 49.7. The van der Waals surface area contributed by atoms with Gasteiger partial charge in [-0.3, -0.25) is 4.79 Å². The fourth-order valence-corrected chi connectivity index (χ4v) is 12.2. The number of aliphatic hydroxyl groups excluding tert-OH is 9. The molecule has 0 amide bonds. The number of aromatic hydroxyl groups is 10. The van der Waals surface area contributed by atoms with Crippen LogP contribution in [-0.4, -0.2) is 103 Å². The molecule has 13 aromatic carbocycles. The Morgan fingerprint density at radius 2 is 0.563 bits per heavy atom. The van der Waals surface area contributed by atoms with Crippen LogP contribution in [0.3, 0.4) is 0 Å². The minimum absolute atomic E-state index is 0.0281. The van der Waals surface area contributed by atoms with E-state index in [1.165, 1.54) is 24.3 Å². The SMILES string of the molecule is O=C(c1cc(CO)c(O)c(CO)c1)c1cc(CO)c(O)c(CO)c1.OCc1cc(C2(c3cc(CO)c(O)c(CO)c3)c3ccccc3-c3ccccc32)cc(CO)c1O.OCc1ccc(O)cc1.Oc1ccc2ccc(O)cc2c1.Oc1ccc2ccccc2c1.Oc1cccc2c(O)cccc12. The van der Waals surface area contributed by atoms with Gasteiger partial charge in [0, 0.05) is 66.4 Å². The number of rotatable bonds is 13. The molecule has 13 aromatic rings. The van der Waals surface area contributed by atoms with Gasteiger partial charge in [0.05, 0.1) is 64.9 Å². The van der Waals surface area contributed by atoms with E-state index in [2.05, 4.69) is 0 Å². The minimum atomic E-state index is -0.976. The Hall–Kier alpha value is -12.1. The number of benzene rings is 13. The first-order valence-electron chi connectivity index (χ1n) is 32.1. The third kappa shape index (κ3) is 16.7. The van der Waals surface area contributed by atoms with Gasteiger partial charge >= 0.3 is 0 Å². The number of phenolic OH excluding ortho intramolecular Hbond substituents is 6. The topological polar surface area (TPSA) is 401 Å². The largest absolute Gasteiger partial charge is 0.508 e. The molecule has 20 nitrogen and oxygen atoms in total. The van der Waals surface area contributed by atoms with Crippen molar-refractivity contribution >= 4 is 38.1 Å². The molecule has 0 aromatic heterocycles. The number of hydrogen-bond donors (Lipinski definition) is 19. The lowest BCUT2D eigenvalue weighted by molar-refractivity contribution is 0.103. The second kappa shape index (κ2) is 34.3. The highest BCUT2D eigenvalue weighted by molar-refractivity contribution is 6.09. The molecule has 0 heterocycles. The molecule has 1 aliphatic rings. The fraction of sp³-hybridized carbons (Fsp3) is 0.120. The summed E-state index contributed by atoms with van der Waals surface area (Å²) in [6, 6.07) is 67.9. The highest BCUT2D eigenvalue weighted by Crippen LogP contribution is 2.57. The molecule has 0 saturated carbocycles. The van der Waals surface area contributed by atoms with Crippen molar-refractivity contribution < 1.29 is 102 Å². The molecule has 528 valence electrons. The van der Waals surface area contributed by atoms with Crippen molar-refractivity contribution in [2.24, 2.45) is 0 Å². The third-order valence-corrected chi connectivity index (χ3v) is 17.3. The van der Waals surface area contributed by atoms with Gasteiger partial charge in [0.15, 0.2) is 5.78 Å². The highest BCUT2D eigenvalue weighted by atomic mass is 16.3. The lowest BCUT2D eigenvalue weighted by Crippen LogP contribution is -2.29. The van der Waals surface area contributed by atoms with Crippen molar-refractivity contribution in [1.82, 2.24) is 0 Å². The number of phenols is 10. The summed E-state index contributed by atoms with van der Waals surface area (Å²) in [6.45, 7) is -3.73. The summed E-state index contributed by atoms with van der Waals surface area (Å²) in [6.07, 6.45) is 0. The maximum Gasteiger partial charge on any atom is 0.193 e. The number of carbonyl (C=O) groups excluding carboxylic acids is 1. The molecular weight excluding hydrogens is 1320 g/mol. The summed E-state index contributed by atoms with van der Waals surface area (Å²) < 4.78 is 0. The molecule has 0 atom stereocenters. The van der Waals surface area contributed by atoms with Gasteiger partial charge in [-0.05, 0) is 170 Å². The molecule has 103 heavy (non-hydrogen) atoms. The third-order valence-electron chi connectivity index (χ3n) is 17.3. The van der Waals surface area contributed by atoms with E-state index in [9.17, 15) is 76.3 Å². The van der Waals surface area contributed by atoms with Gasteiger partial charge in [-0.1, -0.05) is 127 Å². The van der Waals surface area contributed by atoms with Crippen LogP contribution in [0.5, 0.6) is 57.5 Å². The summed E-state index contributed by atoms with van der Waals surface area (Å²) in [7, 11) is 0. The van der Waals surface area contributed by atoms with Crippen LogP contribution in [0.2, 0.25) is 0 Å². The highest BCUT2D eigenvalue weighted by Gasteiger charge is 2.47. The standard InChI is InChI=1S/C29H26O6.C17H18O7.2C10H8O2.C10H8O.C7H8O2/c30-13-17-9-21(10-18(14-31)27(17)34)29(22-11-19(15-32)28(35)20(12-22)16-33)25-7-3-1-5-23(25)24-6-2-4-8-26(24)29;18-5-11-1-9(2-12(6-19)16(11)23)15(22)10-3-13(7-20)17(24)14(4-10)8-21;11-9-3-1-7-2-4-10(12)6-8(7)5-9;11-9-5-1-3-7-8(9)4-2-6-10(7)12;11-10-6-5-8-3-1-2-4-9(8)7-10;8-5-6-1-3-7(9)4-2-6/h1-12,30-35H,13-16H2;1-4,18-21,23-24H,5-8H2;2*1-6,11-12H;1-7,11H;1-4,8-9H,5H2. The van der Waals surface area contributed by atoms with E-state index in [0.717, 1.165) is 49.4 Å². The Bertz CT molecular complexity index is 4780. The number of carbonyl (C=O) groups is 1. The summed E-state index contributed by atoms with van der Waals surface area (Å²) in [5, 5.41) is 187. The van der Waals surface area contributed by atoms with Crippen LogP contribution in [0.1, 0.15) is 88.2 Å². The first-order valence-corrected chi connectivity index (χ1v) is 32.1. The average molecular weight is 1390 g/mol. The Morgan fingerprint density at radius 3 is 0.913 bits per heavy atom. The first kappa shape index (κ1) is 75.2. The summed E-state index contributed by atoms with van der Waals surface area (Å²) in [4.78, 5) is 12.7. The van der Waals surface area contributed by atoms with Gasteiger partial charge in [-0.2, -0.15) is 0 Å². The molecule has 0 unspecified atom stereocenters. The van der Waals surface area contributed by atoms with Gasteiger partial charge in [0.2, 0.25) is 0 Å². The van der Waals surface area contributed by atoms with Gasteiger partial charge in [0.1, 0.15) is 57.5 Å². The summed E-state index contributed by atoms with van der Waals surface area (Å²) in [5.74, 6) is -0.0195. The molecule has 1 aliphatic carbocycles. The van der Waals surface area contributed by atoms with Gasteiger partial charge < -0.3 is 97.0 Å². The predicted molar refractivity (Wildman–Crippen MR) is 388 cm³/mol. The second-order valence-electron chi connectivity index (χ2n) is 23.7. The van der Waals surface area contributed by atoms with Crippen LogP contribution in [0.15, 0.2) is 237 Å². The van der Waals surface area contributed by atoms with Crippen LogP contribution < -0.4 is 0 Å².